The quantitative estimate of drug-likeness (QED) is 0.603. The monoisotopic (exact) mass is 396 g/mol. The molecule has 0 unspecified atom stereocenters. The molecule has 0 amide bonds. The maximum absolute atomic E-state index is 5.47. The Morgan fingerprint density at radius 2 is 1.68 bits per heavy atom. The third-order valence-electron chi connectivity index (χ3n) is 4.41. The van der Waals surface area contributed by atoms with Gasteiger partial charge in [-0.1, -0.05) is 18.2 Å². The van der Waals surface area contributed by atoms with Crippen LogP contribution in [0.25, 0.3) is 0 Å². The first-order valence-electron chi connectivity index (χ1n) is 8.89. The second kappa shape index (κ2) is 8.75. The van der Waals surface area contributed by atoms with Crippen LogP contribution < -0.4 is 20.1 Å². The third kappa shape index (κ3) is 4.61. The number of benzene rings is 2. The highest BCUT2D eigenvalue weighted by Gasteiger charge is 2.13. The standard InChI is InChI=1S/C21H24N4O2S/c1-14-20(23-21(28)22-17-8-6-10-19(12-17)27-4)15(2)25(24-14)13-16-7-5-9-18(11-16)26-3/h5-12H,13H2,1-4H3,(H2,22,23,28). The summed E-state index contributed by atoms with van der Waals surface area (Å²) in [6.07, 6.45) is 0. The molecule has 0 saturated carbocycles. The zero-order valence-electron chi connectivity index (χ0n) is 16.4. The van der Waals surface area contributed by atoms with E-state index in [9.17, 15) is 0 Å². The van der Waals surface area contributed by atoms with Crippen molar-refractivity contribution in [1.29, 1.82) is 0 Å². The number of anilines is 2. The molecule has 1 aromatic heterocycles. The van der Waals surface area contributed by atoms with Crippen LogP contribution in [0.15, 0.2) is 48.5 Å². The minimum Gasteiger partial charge on any atom is -0.497 e. The van der Waals surface area contributed by atoms with Gasteiger partial charge >= 0.3 is 0 Å². The van der Waals surface area contributed by atoms with E-state index in [0.29, 0.717) is 11.7 Å². The molecule has 0 atom stereocenters. The fraction of sp³-hybridized carbons (Fsp3) is 0.238. The van der Waals surface area contributed by atoms with Crippen molar-refractivity contribution in [1.82, 2.24) is 9.78 Å². The van der Waals surface area contributed by atoms with Crippen LogP contribution >= 0.6 is 12.2 Å². The molecule has 0 aliphatic heterocycles. The molecule has 1 heterocycles. The lowest BCUT2D eigenvalue weighted by Gasteiger charge is -2.12. The van der Waals surface area contributed by atoms with E-state index in [-0.39, 0.29) is 0 Å². The van der Waals surface area contributed by atoms with Gasteiger partial charge in [-0.25, -0.2) is 0 Å². The fourth-order valence-corrected chi connectivity index (χ4v) is 3.17. The van der Waals surface area contributed by atoms with E-state index in [4.69, 9.17) is 21.7 Å². The van der Waals surface area contributed by atoms with Crippen LogP contribution in [0, 0.1) is 13.8 Å². The molecule has 2 N–H and O–H groups in total. The zero-order chi connectivity index (χ0) is 20.1. The Bertz CT molecular complexity index is 984. The first-order chi connectivity index (χ1) is 13.5. The highest BCUT2D eigenvalue weighted by molar-refractivity contribution is 7.80. The predicted molar refractivity (Wildman–Crippen MR) is 117 cm³/mol. The SMILES string of the molecule is COc1cccc(Cn2nc(C)c(NC(=S)Nc3cccc(OC)c3)c2C)c1. The Balaban J connectivity index is 1.73. The minimum atomic E-state index is 0.500. The lowest BCUT2D eigenvalue weighted by molar-refractivity contribution is 0.414. The molecule has 0 saturated heterocycles. The van der Waals surface area contributed by atoms with Crippen LogP contribution in [0.5, 0.6) is 11.5 Å². The van der Waals surface area contributed by atoms with E-state index in [2.05, 4.69) is 21.8 Å². The van der Waals surface area contributed by atoms with Gasteiger partial charge < -0.3 is 20.1 Å². The van der Waals surface area contributed by atoms with Crippen LogP contribution in [-0.4, -0.2) is 29.1 Å². The summed E-state index contributed by atoms with van der Waals surface area (Å²) in [6.45, 7) is 4.64. The Labute approximate surface area is 170 Å². The topological polar surface area (TPSA) is 60.3 Å². The van der Waals surface area contributed by atoms with Gasteiger partial charge in [-0.3, -0.25) is 4.68 Å². The normalized spacial score (nSPS) is 10.4. The zero-order valence-corrected chi connectivity index (χ0v) is 17.3. The van der Waals surface area contributed by atoms with Gasteiger partial charge in [-0.05, 0) is 55.9 Å². The number of hydrogen-bond acceptors (Lipinski definition) is 4. The summed E-state index contributed by atoms with van der Waals surface area (Å²) in [4.78, 5) is 0. The summed E-state index contributed by atoms with van der Waals surface area (Å²) in [5, 5.41) is 11.6. The first-order valence-corrected chi connectivity index (χ1v) is 9.30. The van der Waals surface area contributed by atoms with Crippen molar-refractivity contribution in [2.75, 3.05) is 24.9 Å². The van der Waals surface area contributed by atoms with Crippen LogP contribution in [-0.2, 0) is 6.54 Å². The molecule has 0 bridgehead atoms. The number of ether oxygens (including phenoxy) is 2. The van der Waals surface area contributed by atoms with Crippen LogP contribution in [0.4, 0.5) is 11.4 Å². The average Bonchev–Trinajstić information content (AvgIpc) is 2.95. The summed E-state index contributed by atoms with van der Waals surface area (Å²) in [5.41, 5.74) is 4.78. The lowest BCUT2D eigenvalue weighted by Crippen LogP contribution is -2.20. The molecule has 0 aliphatic carbocycles. The summed E-state index contributed by atoms with van der Waals surface area (Å²) in [5.74, 6) is 1.60. The predicted octanol–water partition coefficient (Wildman–Crippen LogP) is 4.37. The second-order valence-electron chi connectivity index (χ2n) is 6.37. The van der Waals surface area contributed by atoms with Crippen molar-refractivity contribution < 1.29 is 9.47 Å². The molecule has 0 spiro atoms. The number of methoxy groups -OCH3 is 2. The van der Waals surface area contributed by atoms with Crippen molar-refractivity contribution in [3.05, 3.63) is 65.5 Å². The molecular weight excluding hydrogens is 372 g/mol. The first kappa shape index (κ1) is 19.7. The number of nitrogens with one attached hydrogen (secondary N) is 2. The van der Waals surface area contributed by atoms with Gasteiger partial charge in [-0.15, -0.1) is 0 Å². The molecule has 6 nitrogen and oxygen atoms in total. The Morgan fingerprint density at radius 1 is 1.00 bits per heavy atom. The van der Waals surface area contributed by atoms with Crippen molar-refractivity contribution in [2.45, 2.75) is 20.4 Å². The molecule has 28 heavy (non-hydrogen) atoms. The average molecular weight is 397 g/mol. The number of hydrogen-bond donors (Lipinski definition) is 2. The van der Waals surface area contributed by atoms with Gasteiger partial charge in [0.1, 0.15) is 11.5 Å². The molecule has 3 aromatic rings. The van der Waals surface area contributed by atoms with Crippen LogP contribution in [0.2, 0.25) is 0 Å². The number of aryl methyl sites for hydroxylation is 1. The Hall–Kier alpha value is -3.06. The number of aromatic nitrogens is 2. The molecule has 3 rings (SSSR count). The van der Waals surface area contributed by atoms with Gasteiger partial charge in [-0.2, -0.15) is 5.10 Å². The lowest BCUT2D eigenvalue weighted by atomic mass is 10.2. The summed E-state index contributed by atoms with van der Waals surface area (Å²) in [7, 11) is 3.31. The highest BCUT2D eigenvalue weighted by atomic mass is 32.1. The van der Waals surface area contributed by atoms with E-state index >= 15 is 0 Å². The van der Waals surface area contributed by atoms with E-state index in [1.165, 1.54) is 0 Å². The fourth-order valence-electron chi connectivity index (χ4n) is 2.95. The molecule has 7 heteroatoms. The van der Waals surface area contributed by atoms with Crippen molar-refractivity contribution >= 4 is 28.7 Å². The van der Waals surface area contributed by atoms with Gasteiger partial charge in [0.05, 0.1) is 37.8 Å². The van der Waals surface area contributed by atoms with E-state index in [1.807, 2.05) is 61.0 Å². The van der Waals surface area contributed by atoms with Gasteiger partial charge in [0, 0.05) is 11.8 Å². The number of rotatable bonds is 6. The van der Waals surface area contributed by atoms with E-state index in [1.54, 1.807) is 14.2 Å². The maximum Gasteiger partial charge on any atom is 0.175 e. The van der Waals surface area contributed by atoms with Gasteiger partial charge in [0.25, 0.3) is 0 Å². The molecule has 0 aliphatic rings. The highest BCUT2D eigenvalue weighted by Crippen LogP contribution is 2.23. The molecule has 0 radical (unpaired) electrons. The number of nitrogens with zero attached hydrogens (tertiary/aromatic N) is 2. The van der Waals surface area contributed by atoms with E-state index < -0.39 is 0 Å². The second-order valence-corrected chi connectivity index (χ2v) is 6.77. The maximum atomic E-state index is 5.47. The smallest absolute Gasteiger partial charge is 0.175 e. The van der Waals surface area contributed by atoms with Gasteiger partial charge in [0.15, 0.2) is 5.11 Å². The molecule has 2 aromatic carbocycles. The largest absolute Gasteiger partial charge is 0.497 e. The summed E-state index contributed by atoms with van der Waals surface area (Å²) >= 11 is 5.47. The van der Waals surface area contributed by atoms with E-state index in [0.717, 1.165) is 39.8 Å². The number of thiocarbonyl (C=S) groups is 1. The van der Waals surface area contributed by atoms with Crippen molar-refractivity contribution in [3.63, 3.8) is 0 Å². The van der Waals surface area contributed by atoms with Crippen LogP contribution in [0.3, 0.4) is 0 Å². The molecule has 146 valence electrons. The summed E-state index contributed by atoms with van der Waals surface area (Å²) in [6, 6.07) is 15.6. The van der Waals surface area contributed by atoms with Gasteiger partial charge in [0.2, 0.25) is 0 Å². The third-order valence-corrected chi connectivity index (χ3v) is 4.62. The summed E-state index contributed by atoms with van der Waals surface area (Å²) < 4.78 is 12.5. The minimum absolute atomic E-state index is 0.500. The van der Waals surface area contributed by atoms with Crippen molar-refractivity contribution in [2.24, 2.45) is 0 Å². The Kier molecular flexibility index (Phi) is 6.16. The molecule has 0 fully saturated rings. The van der Waals surface area contributed by atoms with Crippen molar-refractivity contribution in [3.8, 4) is 11.5 Å². The Morgan fingerprint density at radius 3 is 2.39 bits per heavy atom. The van der Waals surface area contributed by atoms with Crippen LogP contribution in [0.1, 0.15) is 17.0 Å². The molecular formula is C21H24N4O2S.